The van der Waals surface area contributed by atoms with E-state index < -0.39 is 5.60 Å². The van der Waals surface area contributed by atoms with E-state index in [0.29, 0.717) is 13.0 Å². The minimum atomic E-state index is -0.786. The molecular weight excluding hydrogens is 170 g/mol. The lowest BCUT2D eigenvalue weighted by molar-refractivity contribution is -0.122. The Morgan fingerprint density at radius 2 is 2.23 bits per heavy atom. The first-order valence-electron chi connectivity index (χ1n) is 4.57. The monoisotopic (exact) mass is 187 g/mol. The highest BCUT2D eigenvalue weighted by Gasteiger charge is 2.32. The molecule has 13 heavy (non-hydrogen) atoms. The summed E-state index contributed by atoms with van der Waals surface area (Å²) in [4.78, 5) is 10.1. The summed E-state index contributed by atoms with van der Waals surface area (Å²) in [6, 6.07) is 0.107. The van der Waals surface area contributed by atoms with Gasteiger partial charge in [0.15, 0.2) is 0 Å². The van der Waals surface area contributed by atoms with E-state index >= 15 is 0 Å². The van der Waals surface area contributed by atoms with Gasteiger partial charge in [-0.1, -0.05) is 0 Å². The van der Waals surface area contributed by atoms with Crippen LogP contribution in [0.5, 0.6) is 0 Å². The summed E-state index contributed by atoms with van der Waals surface area (Å²) in [5.41, 5.74) is -0.786. The molecule has 1 rings (SSSR count). The molecule has 1 amide bonds. The van der Waals surface area contributed by atoms with Crippen molar-refractivity contribution in [2.75, 3.05) is 6.61 Å². The summed E-state index contributed by atoms with van der Waals surface area (Å²) in [5, 5.41) is 12.3. The molecule has 0 aromatic carbocycles. The number of carbonyl (C=O) groups is 1. The molecule has 1 fully saturated rings. The van der Waals surface area contributed by atoms with Crippen molar-refractivity contribution >= 4 is 6.41 Å². The molecule has 1 heterocycles. The topological polar surface area (TPSA) is 58.6 Å². The molecule has 1 saturated heterocycles. The molecule has 0 aliphatic carbocycles. The average molecular weight is 187 g/mol. The van der Waals surface area contributed by atoms with E-state index in [1.165, 1.54) is 0 Å². The molecule has 0 spiro atoms. The van der Waals surface area contributed by atoms with Crippen molar-refractivity contribution < 1.29 is 14.6 Å². The molecule has 0 aromatic heterocycles. The van der Waals surface area contributed by atoms with E-state index in [0.717, 1.165) is 12.8 Å². The number of amides is 1. The standard InChI is InChI=1S/C9H17NO3/c1-9(2,12)8-4-3-7(5-13-8)10-6-11/h6-8,12H,3-5H2,1-2H3,(H,10,11). The van der Waals surface area contributed by atoms with Gasteiger partial charge >= 0.3 is 0 Å². The van der Waals surface area contributed by atoms with Crippen molar-refractivity contribution in [2.24, 2.45) is 0 Å². The minimum absolute atomic E-state index is 0.107. The molecule has 1 aliphatic rings. The van der Waals surface area contributed by atoms with Gasteiger partial charge in [-0.05, 0) is 26.7 Å². The third-order valence-electron chi connectivity index (χ3n) is 2.37. The van der Waals surface area contributed by atoms with Crippen molar-refractivity contribution in [3.63, 3.8) is 0 Å². The molecule has 2 N–H and O–H groups in total. The van der Waals surface area contributed by atoms with Gasteiger partial charge in [0, 0.05) is 0 Å². The van der Waals surface area contributed by atoms with Crippen LogP contribution in [0.3, 0.4) is 0 Å². The smallest absolute Gasteiger partial charge is 0.207 e. The van der Waals surface area contributed by atoms with Gasteiger partial charge in [-0.2, -0.15) is 0 Å². The molecule has 2 unspecified atom stereocenters. The Bertz CT molecular complexity index is 168. The highest BCUT2D eigenvalue weighted by Crippen LogP contribution is 2.22. The molecular formula is C9H17NO3. The van der Waals surface area contributed by atoms with E-state index in [4.69, 9.17) is 4.74 Å². The summed E-state index contributed by atoms with van der Waals surface area (Å²) in [6.07, 6.45) is 2.23. The highest BCUT2D eigenvalue weighted by molar-refractivity contribution is 5.46. The molecule has 1 aliphatic heterocycles. The second-order valence-electron chi connectivity index (χ2n) is 4.03. The van der Waals surface area contributed by atoms with Crippen molar-refractivity contribution in [1.82, 2.24) is 5.32 Å². The first-order valence-corrected chi connectivity index (χ1v) is 4.57. The van der Waals surface area contributed by atoms with Gasteiger partial charge in [0.1, 0.15) is 0 Å². The lowest BCUT2D eigenvalue weighted by Gasteiger charge is -2.35. The first-order chi connectivity index (χ1) is 6.04. The summed E-state index contributed by atoms with van der Waals surface area (Å²) in [6.45, 7) is 3.98. The van der Waals surface area contributed by atoms with Crippen LogP contribution in [0.25, 0.3) is 0 Å². The Labute approximate surface area is 78.3 Å². The normalized spacial score (nSPS) is 29.8. The predicted octanol–water partition coefficient (Wildman–Crippen LogP) is 0.0509. The second-order valence-corrected chi connectivity index (χ2v) is 4.03. The fraction of sp³-hybridized carbons (Fsp3) is 0.889. The quantitative estimate of drug-likeness (QED) is 0.614. The predicted molar refractivity (Wildman–Crippen MR) is 48.3 cm³/mol. The zero-order chi connectivity index (χ0) is 9.90. The summed E-state index contributed by atoms with van der Waals surface area (Å²) in [7, 11) is 0. The van der Waals surface area contributed by atoms with Gasteiger partial charge in [-0.15, -0.1) is 0 Å². The number of aliphatic hydroxyl groups is 1. The van der Waals surface area contributed by atoms with Crippen molar-refractivity contribution in [1.29, 1.82) is 0 Å². The van der Waals surface area contributed by atoms with Gasteiger partial charge in [0.05, 0.1) is 24.4 Å². The van der Waals surface area contributed by atoms with Crippen LogP contribution in [0, 0.1) is 0 Å². The fourth-order valence-corrected chi connectivity index (χ4v) is 1.54. The van der Waals surface area contributed by atoms with Gasteiger partial charge in [-0.25, -0.2) is 0 Å². The van der Waals surface area contributed by atoms with Crippen LogP contribution in [0.4, 0.5) is 0 Å². The van der Waals surface area contributed by atoms with Gasteiger partial charge in [-0.3, -0.25) is 4.79 Å². The number of ether oxygens (including phenoxy) is 1. The Balaban J connectivity index is 2.34. The number of hydrogen-bond donors (Lipinski definition) is 2. The largest absolute Gasteiger partial charge is 0.388 e. The lowest BCUT2D eigenvalue weighted by atomic mass is 9.93. The van der Waals surface area contributed by atoms with E-state index in [2.05, 4.69) is 5.32 Å². The molecule has 76 valence electrons. The van der Waals surface area contributed by atoms with Gasteiger partial charge < -0.3 is 15.2 Å². The Morgan fingerprint density at radius 1 is 1.54 bits per heavy atom. The van der Waals surface area contributed by atoms with Crippen LogP contribution in [0.2, 0.25) is 0 Å². The molecule has 0 saturated carbocycles. The SMILES string of the molecule is CC(C)(O)C1CCC(NC=O)CO1. The Kier molecular flexibility index (Phi) is 3.27. The highest BCUT2D eigenvalue weighted by atomic mass is 16.5. The second kappa shape index (κ2) is 4.07. The van der Waals surface area contributed by atoms with E-state index in [-0.39, 0.29) is 12.1 Å². The van der Waals surface area contributed by atoms with Crippen LogP contribution in [0.15, 0.2) is 0 Å². The molecule has 0 radical (unpaired) electrons. The summed E-state index contributed by atoms with van der Waals surface area (Å²) in [5.74, 6) is 0. The van der Waals surface area contributed by atoms with E-state index in [9.17, 15) is 9.90 Å². The van der Waals surface area contributed by atoms with E-state index in [1.807, 2.05) is 0 Å². The maximum atomic E-state index is 10.1. The number of nitrogens with one attached hydrogen (secondary N) is 1. The maximum absolute atomic E-state index is 10.1. The average Bonchev–Trinajstić information content (AvgIpc) is 2.04. The van der Waals surface area contributed by atoms with Crippen LogP contribution in [0.1, 0.15) is 26.7 Å². The number of carbonyl (C=O) groups excluding carboxylic acids is 1. The maximum Gasteiger partial charge on any atom is 0.207 e. The zero-order valence-electron chi connectivity index (χ0n) is 8.12. The minimum Gasteiger partial charge on any atom is -0.388 e. The summed E-state index contributed by atoms with van der Waals surface area (Å²) < 4.78 is 5.44. The Morgan fingerprint density at radius 3 is 2.62 bits per heavy atom. The fourth-order valence-electron chi connectivity index (χ4n) is 1.54. The lowest BCUT2D eigenvalue weighted by Crippen LogP contribution is -2.47. The molecule has 0 aromatic rings. The van der Waals surface area contributed by atoms with Crippen molar-refractivity contribution in [2.45, 2.75) is 44.4 Å². The van der Waals surface area contributed by atoms with Crippen molar-refractivity contribution in [3.8, 4) is 0 Å². The van der Waals surface area contributed by atoms with Crippen LogP contribution < -0.4 is 5.32 Å². The molecule has 4 nitrogen and oxygen atoms in total. The van der Waals surface area contributed by atoms with Crippen LogP contribution in [-0.4, -0.2) is 35.9 Å². The van der Waals surface area contributed by atoms with Crippen molar-refractivity contribution in [3.05, 3.63) is 0 Å². The number of hydrogen-bond acceptors (Lipinski definition) is 3. The molecule has 4 heteroatoms. The van der Waals surface area contributed by atoms with Crippen LogP contribution >= 0.6 is 0 Å². The zero-order valence-corrected chi connectivity index (χ0v) is 8.12. The molecule has 0 bridgehead atoms. The van der Waals surface area contributed by atoms with Gasteiger partial charge in [0.25, 0.3) is 0 Å². The number of rotatable bonds is 3. The third kappa shape index (κ3) is 2.97. The van der Waals surface area contributed by atoms with Gasteiger partial charge in [0.2, 0.25) is 6.41 Å². The first kappa shape index (κ1) is 10.5. The van der Waals surface area contributed by atoms with E-state index in [1.54, 1.807) is 13.8 Å². The third-order valence-corrected chi connectivity index (χ3v) is 2.37. The Hall–Kier alpha value is -0.610. The van der Waals surface area contributed by atoms with Crippen LogP contribution in [-0.2, 0) is 9.53 Å². The summed E-state index contributed by atoms with van der Waals surface area (Å²) >= 11 is 0. The molecule has 2 atom stereocenters.